The van der Waals surface area contributed by atoms with E-state index in [-0.39, 0.29) is 0 Å². The highest BCUT2D eigenvalue weighted by atomic mass is 16.3. The Bertz CT molecular complexity index is 4240. The molecule has 14 aromatic rings. The highest BCUT2D eigenvalue weighted by molar-refractivity contribution is 6.26. The Hall–Kier alpha value is -8.92. The lowest BCUT2D eigenvalue weighted by molar-refractivity contribution is 0.672. The minimum Gasteiger partial charge on any atom is -0.455 e. The fourth-order valence-electron chi connectivity index (χ4n) is 10.8. The smallest absolute Gasteiger partial charge is 0.143 e. The molecule has 0 aliphatic carbocycles. The molecule has 67 heavy (non-hydrogen) atoms. The summed E-state index contributed by atoms with van der Waals surface area (Å²) in [6.45, 7) is 3.91. The first-order valence-electron chi connectivity index (χ1n) is 22.9. The van der Waals surface area contributed by atoms with Crippen molar-refractivity contribution >= 4 is 110 Å². The second-order valence-electron chi connectivity index (χ2n) is 17.7. The fourth-order valence-corrected chi connectivity index (χ4v) is 10.8. The van der Waals surface area contributed by atoms with Crippen molar-refractivity contribution in [2.75, 3.05) is 4.90 Å². The van der Waals surface area contributed by atoms with Gasteiger partial charge in [0.1, 0.15) is 11.2 Å². The Balaban J connectivity index is 0.932. The van der Waals surface area contributed by atoms with E-state index in [2.05, 4.69) is 234 Å². The summed E-state index contributed by atoms with van der Waals surface area (Å²) in [7, 11) is 0. The molecular weight excluding hydrogens is 813 g/mol. The number of hydrogen-bond acceptors (Lipinski definition) is 2. The van der Waals surface area contributed by atoms with Crippen molar-refractivity contribution in [1.82, 2.24) is 4.57 Å². The molecular formula is C64H40N2O. The highest BCUT2D eigenvalue weighted by Crippen LogP contribution is 2.44. The molecule has 0 radical (unpaired) electrons. The molecule has 0 fully saturated rings. The monoisotopic (exact) mass is 852 g/mol. The van der Waals surface area contributed by atoms with Gasteiger partial charge in [-0.25, -0.2) is 0 Å². The van der Waals surface area contributed by atoms with Crippen molar-refractivity contribution in [2.24, 2.45) is 0 Å². The van der Waals surface area contributed by atoms with E-state index in [1.807, 2.05) is 12.1 Å². The van der Waals surface area contributed by atoms with Crippen LogP contribution in [0.3, 0.4) is 0 Å². The molecule has 0 aliphatic heterocycles. The van der Waals surface area contributed by atoms with Crippen LogP contribution in [0.4, 0.5) is 17.1 Å². The van der Waals surface area contributed by atoms with E-state index in [0.717, 1.165) is 71.9 Å². The zero-order chi connectivity index (χ0) is 44.2. The molecule has 0 amide bonds. The van der Waals surface area contributed by atoms with Gasteiger partial charge in [-0.05, 0) is 139 Å². The first-order valence-corrected chi connectivity index (χ1v) is 22.9. The van der Waals surface area contributed by atoms with Crippen LogP contribution in [0.15, 0.2) is 235 Å². The summed E-state index contributed by atoms with van der Waals surface area (Å²) in [4.78, 5) is 2.33. The molecule has 0 spiro atoms. The number of anilines is 3. The molecule has 3 nitrogen and oxygen atoms in total. The number of furan rings is 1. The van der Waals surface area contributed by atoms with Crippen molar-refractivity contribution in [1.29, 1.82) is 0 Å². The Morgan fingerprint density at radius 1 is 0.373 bits per heavy atom. The SMILES string of the molecule is C=Cc1ccc(-c2ccc(N(c3ccccc3)c3ccc(-c4ccc5c(c4)c4cc6ccc7c8ccccc8oc7c6cc4n5-c4ccc5ccc6cccc7ccc4c5c67)cc3)cc2)cc1. The first-order chi connectivity index (χ1) is 33.1. The number of rotatable bonds is 7. The summed E-state index contributed by atoms with van der Waals surface area (Å²) in [5.74, 6) is 0. The van der Waals surface area contributed by atoms with Gasteiger partial charge in [-0.15, -0.1) is 0 Å². The van der Waals surface area contributed by atoms with Gasteiger partial charge in [0.05, 0.1) is 16.7 Å². The molecule has 2 aromatic heterocycles. The molecule has 0 saturated carbocycles. The molecule has 312 valence electrons. The van der Waals surface area contributed by atoms with Gasteiger partial charge in [-0.3, -0.25) is 0 Å². The zero-order valence-corrected chi connectivity index (χ0v) is 36.4. The van der Waals surface area contributed by atoms with E-state index in [1.54, 1.807) is 0 Å². The number of nitrogens with zero attached hydrogens (tertiary/aromatic N) is 2. The number of hydrogen-bond donors (Lipinski definition) is 0. The van der Waals surface area contributed by atoms with Gasteiger partial charge in [0.25, 0.3) is 0 Å². The molecule has 2 heterocycles. The van der Waals surface area contributed by atoms with Crippen LogP contribution in [0.1, 0.15) is 5.56 Å². The molecule has 0 aliphatic rings. The molecule has 0 atom stereocenters. The van der Waals surface area contributed by atoms with Gasteiger partial charge in [-0.2, -0.15) is 0 Å². The molecule has 0 unspecified atom stereocenters. The van der Waals surface area contributed by atoms with Gasteiger partial charge in [-0.1, -0.05) is 158 Å². The largest absolute Gasteiger partial charge is 0.455 e. The average molecular weight is 853 g/mol. The minimum atomic E-state index is 0.906. The van der Waals surface area contributed by atoms with Crippen molar-refractivity contribution in [2.45, 2.75) is 0 Å². The number of para-hydroxylation sites is 2. The Morgan fingerprint density at radius 2 is 0.955 bits per heavy atom. The van der Waals surface area contributed by atoms with E-state index in [1.165, 1.54) is 65.5 Å². The lowest BCUT2D eigenvalue weighted by atomic mass is 9.93. The van der Waals surface area contributed by atoms with Crippen molar-refractivity contribution in [3.8, 4) is 27.9 Å². The maximum atomic E-state index is 6.66. The topological polar surface area (TPSA) is 21.3 Å². The molecule has 0 saturated heterocycles. The van der Waals surface area contributed by atoms with Crippen LogP contribution in [0.25, 0.3) is 121 Å². The molecule has 0 N–H and O–H groups in total. The predicted molar refractivity (Wildman–Crippen MR) is 285 cm³/mol. The third kappa shape index (κ3) is 5.78. The molecule has 0 bridgehead atoms. The van der Waals surface area contributed by atoms with Gasteiger partial charge < -0.3 is 13.9 Å². The fraction of sp³-hybridized carbons (Fsp3) is 0. The van der Waals surface area contributed by atoms with E-state index in [0.29, 0.717) is 0 Å². The predicted octanol–water partition coefficient (Wildman–Crippen LogP) is 18.2. The van der Waals surface area contributed by atoms with Crippen molar-refractivity contribution in [3.05, 3.63) is 237 Å². The summed E-state index contributed by atoms with van der Waals surface area (Å²) < 4.78 is 9.15. The van der Waals surface area contributed by atoms with Gasteiger partial charge in [0, 0.05) is 49.4 Å². The Morgan fingerprint density at radius 3 is 1.70 bits per heavy atom. The summed E-state index contributed by atoms with van der Waals surface area (Å²) in [6, 6.07) is 81.9. The van der Waals surface area contributed by atoms with Crippen LogP contribution in [0.5, 0.6) is 0 Å². The van der Waals surface area contributed by atoms with Gasteiger partial charge in [0.15, 0.2) is 0 Å². The van der Waals surface area contributed by atoms with E-state index in [9.17, 15) is 0 Å². The quantitative estimate of drug-likeness (QED) is 0.149. The molecule has 14 rings (SSSR count). The maximum absolute atomic E-state index is 6.66. The van der Waals surface area contributed by atoms with Crippen molar-refractivity contribution < 1.29 is 4.42 Å². The summed E-state index contributed by atoms with van der Waals surface area (Å²) in [5, 5.41) is 14.6. The third-order valence-corrected chi connectivity index (χ3v) is 14.1. The van der Waals surface area contributed by atoms with Crippen LogP contribution < -0.4 is 4.90 Å². The average Bonchev–Trinajstić information content (AvgIpc) is 3.93. The van der Waals surface area contributed by atoms with E-state index >= 15 is 0 Å². The zero-order valence-electron chi connectivity index (χ0n) is 36.4. The number of fused-ring (bicyclic) bond motifs is 8. The van der Waals surface area contributed by atoms with Crippen molar-refractivity contribution in [3.63, 3.8) is 0 Å². The van der Waals surface area contributed by atoms with Crippen LogP contribution in [-0.2, 0) is 0 Å². The lowest BCUT2D eigenvalue weighted by Crippen LogP contribution is -2.09. The van der Waals surface area contributed by atoms with Gasteiger partial charge in [0.2, 0.25) is 0 Å². The van der Waals surface area contributed by atoms with Crippen LogP contribution in [0, 0.1) is 0 Å². The number of benzene rings is 12. The molecule has 3 heteroatoms. The summed E-state index contributed by atoms with van der Waals surface area (Å²) in [6.07, 6.45) is 1.88. The highest BCUT2D eigenvalue weighted by Gasteiger charge is 2.21. The maximum Gasteiger partial charge on any atom is 0.143 e. The summed E-state index contributed by atoms with van der Waals surface area (Å²) >= 11 is 0. The van der Waals surface area contributed by atoms with Crippen LogP contribution in [-0.4, -0.2) is 4.57 Å². The van der Waals surface area contributed by atoms with E-state index in [4.69, 9.17) is 4.42 Å². The van der Waals surface area contributed by atoms with E-state index < -0.39 is 0 Å². The second-order valence-corrected chi connectivity index (χ2v) is 17.7. The first kappa shape index (κ1) is 37.5. The standard InChI is InChI=1S/C64H40N2O/c1-2-40-15-17-41(18-16-40)42-21-29-50(30-22-42)65(49-11-4-3-5-12-49)51-31-23-43(24-32-51)47-28-36-59-56(37-47)57-38-48-26-33-53-52-13-6-7-14-61(52)67-64(53)55(48)39-60(57)66(59)58-35-27-46-20-19-44-9-8-10-45-25-34-54(58)63(46)62(44)45/h2-39H,1H2. The number of aromatic nitrogens is 1. The lowest BCUT2D eigenvalue weighted by Gasteiger charge is -2.26. The Labute approximate surface area is 386 Å². The summed E-state index contributed by atoms with van der Waals surface area (Å²) in [5.41, 5.74) is 14.4. The third-order valence-electron chi connectivity index (χ3n) is 14.1. The van der Waals surface area contributed by atoms with Crippen LogP contribution in [0.2, 0.25) is 0 Å². The van der Waals surface area contributed by atoms with Gasteiger partial charge >= 0.3 is 0 Å². The normalized spacial score (nSPS) is 11.9. The Kier molecular flexibility index (Phi) is 8.13. The second kappa shape index (κ2) is 14.5. The van der Waals surface area contributed by atoms with Crippen LogP contribution >= 0.6 is 0 Å². The molecule has 12 aromatic carbocycles. The minimum absolute atomic E-state index is 0.906.